The molecule has 1 heterocycles. The van der Waals surface area contributed by atoms with Crippen molar-refractivity contribution in [1.82, 2.24) is 5.32 Å². The van der Waals surface area contributed by atoms with Gasteiger partial charge in [0.1, 0.15) is 5.82 Å². The van der Waals surface area contributed by atoms with Crippen LogP contribution in [0, 0.1) is 12.7 Å². The fraction of sp³-hybridized carbons (Fsp3) is 0.231. The van der Waals surface area contributed by atoms with E-state index in [1.165, 1.54) is 10.9 Å². The molecule has 0 aliphatic rings. The van der Waals surface area contributed by atoms with E-state index in [2.05, 4.69) is 5.32 Å². The van der Waals surface area contributed by atoms with Gasteiger partial charge < -0.3 is 5.32 Å². The van der Waals surface area contributed by atoms with Crippen molar-refractivity contribution in [3.8, 4) is 0 Å². The third kappa shape index (κ3) is 2.37. The van der Waals surface area contributed by atoms with Gasteiger partial charge in [-0.2, -0.15) is 0 Å². The summed E-state index contributed by atoms with van der Waals surface area (Å²) in [6.07, 6.45) is 0. The maximum absolute atomic E-state index is 13.9. The molecule has 0 bridgehead atoms. The van der Waals surface area contributed by atoms with Crippen LogP contribution < -0.4 is 5.32 Å². The summed E-state index contributed by atoms with van der Waals surface area (Å²) in [6.45, 7) is 2.03. The van der Waals surface area contributed by atoms with E-state index in [1.807, 2.05) is 25.4 Å². The zero-order valence-electron chi connectivity index (χ0n) is 9.63. The first-order valence-electron chi connectivity index (χ1n) is 5.30. The molecule has 0 saturated carbocycles. The Morgan fingerprint density at radius 2 is 2.12 bits per heavy atom. The highest BCUT2D eigenvalue weighted by atomic mass is 35.5. The van der Waals surface area contributed by atoms with E-state index in [4.69, 9.17) is 11.6 Å². The lowest BCUT2D eigenvalue weighted by atomic mass is 9.99. The third-order valence-electron chi connectivity index (χ3n) is 2.79. The third-order valence-corrected chi connectivity index (χ3v) is 3.98. The van der Waals surface area contributed by atoms with Gasteiger partial charge in [-0.3, -0.25) is 0 Å². The number of hydrogen-bond acceptors (Lipinski definition) is 2. The Morgan fingerprint density at radius 1 is 1.35 bits per heavy atom. The minimum absolute atomic E-state index is 0.199. The monoisotopic (exact) mass is 269 g/mol. The summed E-state index contributed by atoms with van der Waals surface area (Å²) in [6, 6.07) is 6.58. The predicted octanol–water partition coefficient (Wildman–Crippen LogP) is 4.16. The van der Waals surface area contributed by atoms with Crippen LogP contribution in [0.2, 0.25) is 5.02 Å². The van der Waals surface area contributed by atoms with Crippen molar-refractivity contribution in [2.45, 2.75) is 13.0 Å². The fourth-order valence-electron chi connectivity index (χ4n) is 1.94. The highest BCUT2D eigenvalue weighted by Crippen LogP contribution is 2.33. The zero-order chi connectivity index (χ0) is 12.4. The Labute approximate surface area is 109 Å². The molecular weight excluding hydrogens is 257 g/mol. The van der Waals surface area contributed by atoms with Crippen LogP contribution in [0.3, 0.4) is 0 Å². The highest BCUT2D eigenvalue weighted by molar-refractivity contribution is 7.10. The van der Waals surface area contributed by atoms with Crippen LogP contribution in [-0.2, 0) is 0 Å². The Balaban J connectivity index is 2.53. The largest absolute Gasteiger partial charge is 0.309 e. The Kier molecular flexibility index (Phi) is 3.82. The Bertz CT molecular complexity index is 504. The van der Waals surface area contributed by atoms with E-state index < -0.39 is 0 Å². The van der Waals surface area contributed by atoms with Crippen LogP contribution in [0.15, 0.2) is 29.6 Å². The summed E-state index contributed by atoms with van der Waals surface area (Å²) in [4.78, 5) is 1.17. The average Bonchev–Trinajstić information content (AvgIpc) is 2.70. The molecule has 1 atom stereocenters. The van der Waals surface area contributed by atoms with E-state index in [0.29, 0.717) is 10.6 Å². The molecule has 1 unspecified atom stereocenters. The van der Waals surface area contributed by atoms with Gasteiger partial charge in [-0.1, -0.05) is 17.7 Å². The van der Waals surface area contributed by atoms with Crippen molar-refractivity contribution < 1.29 is 4.39 Å². The maximum Gasteiger partial charge on any atom is 0.129 e. The van der Waals surface area contributed by atoms with E-state index in [1.54, 1.807) is 23.5 Å². The molecule has 2 rings (SSSR count). The molecule has 0 radical (unpaired) electrons. The number of thiophene rings is 1. The first-order valence-corrected chi connectivity index (χ1v) is 6.56. The van der Waals surface area contributed by atoms with Crippen molar-refractivity contribution in [2.24, 2.45) is 0 Å². The van der Waals surface area contributed by atoms with Crippen LogP contribution in [-0.4, -0.2) is 7.05 Å². The van der Waals surface area contributed by atoms with Gasteiger partial charge >= 0.3 is 0 Å². The van der Waals surface area contributed by atoms with Crippen molar-refractivity contribution in [1.29, 1.82) is 0 Å². The maximum atomic E-state index is 13.9. The lowest BCUT2D eigenvalue weighted by Gasteiger charge is -2.18. The van der Waals surface area contributed by atoms with Crippen LogP contribution in [0.4, 0.5) is 4.39 Å². The molecule has 1 nitrogen and oxygen atoms in total. The second-order valence-electron chi connectivity index (χ2n) is 3.79. The molecule has 1 N–H and O–H groups in total. The molecular formula is C13H13ClFNS. The average molecular weight is 270 g/mol. The summed E-state index contributed by atoms with van der Waals surface area (Å²) in [7, 11) is 1.81. The highest BCUT2D eigenvalue weighted by Gasteiger charge is 2.21. The molecule has 0 aliphatic heterocycles. The molecule has 4 heteroatoms. The van der Waals surface area contributed by atoms with Crippen LogP contribution in [0.25, 0.3) is 0 Å². The smallest absolute Gasteiger partial charge is 0.129 e. The first-order chi connectivity index (χ1) is 8.15. The minimum Gasteiger partial charge on any atom is -0.309 e. The molecule has 1 aromatic carbocycles. The van der Waals surface area contributed by atoms with Gasteiger partial charge in [0.15, 0.2) is 0 Å². The van der Waals surface area contributed by atoms with Gasteiger partial charge in [0, 0.05) is 15.5 Å². The predicted molar refractivity (Wildman–Crippen MR) is 71.4 cm³/mol. The SMILES string of the molecule is CNC(c1ccsc1C)c1c(F)cccc1Cl. The number of aryl methyl sites for hydroxylation is 1. The van der Waals surface area contributed by atoms with Crippen molar-refractivity contribution in [3.63, 3.8) is 0 Å². The van der Waals surface area contributed by atoms with E-state index in [-0.39, 0.29) is 11.9 Å². The molecule has 0 spiro atoms. The molecule has 0 fully saturated rings. The van der Waals surface area contributed by atoms with E-state index in [0.717, 1.165) is 5.56 Å². The van der Waals surface area contributed by atoms with Crippen molar-refractivity contribution >= 4 is 22.9 Å². The lowest BCUT2D eigenvalue weighted by molar-refractivity contribution is 0.576. The molecule has 1 aromatic heterocycles. The molecule has 90 valence electrons. The van der Waals surface area contributed by atoms with Crippen LogP contribution in [0.1, 0.15) is 22.0 Å². The van der Waals surface area contributed by atoms with Gasteiger partial charge in [0.25, 0.3) is 0 Å². The standard InChI is InChI=1S/C13H13ClFNS/c1-8-9(6-7-17-8)13(16-2)12-10(14)4-3-5-11(12)15/h3-7,13,16H,1-2H3. The normalized spacial score (nSPS) is 12.7. The number of hydrogen-bond donors (Lipinski definition) is 1. The molecule has 0 aliphatic carbocycles. The Hall–Kier alpha value is -0.900. The van der Waals surface area contributed by atoms with E-state index in [9.17, 15) is 4.39 Å². The summed E-state index contributed by atoms with van der Waals surface area (Å²) in [5.74, 6) is -0.276. The zero-order valence-corrected chi connectivity index (χ0v) is 11.2. The van der Waals surface area contributed by atoms with Gasteiger partial charge in [-0.25, -0.2) is 4.39 Å². The summed E-state index contributed by atoms with van der Waals surface area (Å²) in [5, 5.41) is 5.58. The first kappa shape index (κ1) is 12.6. The summed E-state index contributed by atoms with van der Waals surface area (Å²) >= 11 is 7.74. The minimum atomic E-state index is -0.276. The molecule has 17 heavy (non-hydrogen) atoms. The summed E-state index contributed by atoms with van der Waals surface area (Å²) in [5.41, 5.74) is 1.59. The number of nitrogens with one attached hydrogen (secondary N) is 1. The second-order valence-corrected chi connectivity index (χ2v) is 5.32. The lowest BCUT2D eigenvalue weighted by Crippen LogP contribution is -2.19. The number of rotatable bonds is 3. The van der Waals surface area contributed by atoms with Gasteiger partial charge in [-0.05, 0) is 43.1 Å². The van der Waals surface area contributed by atoms with Crippen LogP contribution in [0.5, 0.6) is 0 Å². The van der Waals surface area contributed by atoms with E-state index >= 15 is 0 Å². The number of benzene rings is 1. The molecule has 2 aromatic rings. The van der Waals surface area contributed by atoms with Crippen LogP contribution >= 0.6 is 22.9 Å². The topological polar surface area (TPSA) is 12.0 Å². The summed E-state index contributed by atoms with van der Waals surface area (Å²) < 4.78 is 13.9. The molecule has 0 amide bonds. The number of halogens is 2. The fourth-order valence-corrected chi connectivity index (χ4v) is 2.95. The van der Waals surface area contributed by atoms with Gasteiger partial charge in [0.05, 0.1) is 6.04 Å². The Morgan fingerprint density at radius 3 is 2.65 bits per heavy atom. The second kappa shape index (κ2) is 5.17. The van der Waals surface area contributed by atoms with Crippen molar-refractivity contribution in [3.05, 3.63) is 56.5 Å². The van der Waals surface area contributed by atoms with Gasteiger partial charge in [0.2, 0.25) is 0 Å². The molecule has 0 saturated heterocycles. The van der Waals surface area contributed by atoms with Gasteiger partial charge in [-0.15, -0.1) is 11.3 Å². The quantitative estimate of drug-likeness (QED) is 0.882. The van der Waals surface area contributed by atoms with Crippen molar-refractivity contribution in [2.75, 3.05) is 7.05 Å².